The number of oxazole rings is 1. The largest absolute Gasteiger partial charge is 0.469 e. The van der Waals surface area contributed by atoms with Gasteiger partial charge in [0, 0.05) is 30.2 Å². The van der Waals surface area contributed by atoms with Crippen molar-refractivity contribution in [3.05, 3.63) is 40.7 Å². The third-order valence-corrected chi connectivity index (χ3v) is 5.62. The van der Waals surface area contributed by atoms with Crippen LogP contribution in [0.2, 0.25) is 5.02 Å². The van der Waals surface area contributed by atoms with Crippen molar-refractivity contribution in [1.29, 1.82) is 0 Å². The van der Waals surface area contributed by atoms with Crippen LogP contribution in [-0.4, -0.2) is 36.1 Å². The van der Waals surface area contributed by atoms with E-state index < -0.39 is 0 Å². The third kappa shape index (κ3) is 3.07. The van der Waals surface area contributed by atoms with Crippen LogP contribution in [-0.2, 0) is 16.1 Å². The number of aryl methyl sites for hydroxylation is 1. The molecule has 0 bridgehead atoms. The van der Waals surface area contributed by atoms with Gasteiger partial charge in [0.1, 0.15) is 5.76 Å². The first-order valence-corrected chi connectivity index (χ1v) is 8.88. The van der Waals surface area contributed by atoms with E-state index >= 15 is 0 Å². The Morgan fingerprint density at radius 2 is 2.04 bits per heavy atom. The standard InChI is InChI=1S/C19H21ClN2O3/c1-12-16(21-17(25-12)13-3-5-15(20)6-4-13)9-22-10-19(11-22)7-14(8-19)18(23)24-2/h3-6,14H,7-11H2,1-2H3. The summed E-state index contributed by atoms with van der Waals surface area (Å²) in [6, 6.07) is 7.50. The van der Waals surface area contributed by atoms with E-state index in [0.717, 1.165) is 49.5 Å². The molecule has 1 aromatic carbocycles. The number of esters is 1. The fraction of sp³-hybridized carbons (Fsp3) is 0.474. The van der Waals surface area contributed by atoms with E-state index in [1.807, 2.05) is 31.2 Å². The molecule has 6 heteroatoms. The molecule has 2 aliphatic rings. The van der Waals surface area contributed by atoms with Crippen LogP contribution in [0.25, 0.3) is 11.5 Å². The molecule has 0 unspecified atom stereocenters. The van der Waals surface area contributed by atoms with Gasteiger partial charge in [-0.1, -0.05) is 11.6 Å². The Bertz CT molecular complexity index is 786. The number of ether oxygens (including phenoxy) is 1. The number of methoxy groups -OCH3 is 1. The molecule has 1 saturated heterocycles. The monoisotopic (exact) mass is 360 g/mol. The van der Waals surface area contributed by atoms with Crippen LogP contribution in [0.5, 0.6) is 0 Å². The Morgan fingerprint density at radius 1 is 1.36 bits per heavy atom. The highest BCUT2D eigenvalue weighted by atomic mass is 35.5. The molecule has 0 amide bonds. The molecule has 1 aliphatic carbocycles. The Kier molecular flexibility index (Phi) is 4.08. The lowest BCUT2D eigenvalue weighted by Crippen LogP contribution is -2.62. The molecule has 1 aromatic heterocycles. The fourth-order valence-electron chi connectivity index (χ4n) is 4.09. The zero-order chi connectivity index (χ0) is 17.6. The molecule has 2 heterocycles. The molecule has 2 aromatic rings. The molecule has 1 saturated carbocycles. The first-order chi connectivity index (χ1) is 12.0. The SMILES string of the molecule is COC(=O)C1CC2(C1)CN(Cc1nc(-c3ccc(Cl)cc3)oc1C)C2. The Hall–Kier alpha value is -1.85. The number of likely N-dealkylation sites (tertiary alicyclic amines) is 1. The lowest BCUT2D eigenvalue weighted by Gasteiger charge is -2.58. The van der Waals surface area contributed by atoms with Crippen molar-refractivity contribution in [3.8, 4) is 11.5 Å². The summed E-state index contributed by atoms with van der Waals surface area (Å²) in [5, 5.41) is 0.698. The summed E-state index contributed by atoms with van der Waals surface area (Å²) in [6.45, 7) is 4.77. The Labute approximate surface area is 151 Å². The van der Waals surface area contributed by atoms with Gasteiger partial charge in [0.15, 0.2) is 0 Å². The molecule has 2 fully saturated rings. The van der Waals surface area contributed by atoms with E-state index in [-0.39, 0.29) is 11.9 Å². The molecule has 4 rings (SSSR count). The maximum Gasteiger partial charge on any atom is 0.308 e. The number of rotatable bonds is 4. The Balaban J connectivity index is 1.36. The normalized spacial score (nSPS) is 19.5. The third-order valence-electron chi connectivity index (χ3n) is 5.37. The number of carbonyl (C=O) groups is 1. The second kappa shape index (κ2) is 6.15. The molecule has 25 heavy (non-hydrogen) atoms. The van der Waals surface area contributed by atoms with Crippen LogP contribution in [0.15, 0.2) is 28.7 Å². The predicted molar refractivity (Wildman–Crippen MR) is 94.1 cm³/mol. The minimum atomic E-state index is -0.0657. The molecule has 132 valence electrons. The molecule has 5 nitrogen and oxygen atoms in total. The van der Waals surface area contributed by atoms with E-state index in [1.165, 1.54) is 7.11 Å². The number of benzene rings is 1. The van der Waals surface area contributed by atoms with Crippen LogP contribution >= 0.6 is 11.6 Å². The van der Waals surface area contributed by atoms with E-state index in [2.05, 4.69) is 9.88 Å². The zero-order valence-electron chi connectivity index (χ0n) is 14.4. The molecule has 1 aliphatic heterocycles. The maximum atomic E-state index is 11.5. The average molecular weight is 361 g/mol. The summed E-state index contributed by atoms with van der Waals surface area (Å²) in [7, 11) is 1.46. The van der Waals surface area contributed by atoms with Crippen molar-refractivity contribution in [2.75, 3.05) is 20.2 Å². The molecule has 0 atom stereocenters. The zero-order valence-corrected chi connectivity index (χ0v) is 15.2. The van der Waals surface area contributed by atoms with Crippen molar-refractivity contribution in [1.82, 2.24) is 9.88 Å². The van der Waals surface area contributed by atoms with Crippen LogP contribution in [0, 0.1) is 18.3 Å². The first-order valence-electron chi connectivity index (χ1n) is 8.50. The van der Waals surface area contributed by atoms with Gasteiger partial charge in [-0.25, -0.2) is 4.98 Å². The van der Waals surface area contributed by atoms with Crippen molar-refractivity contribution in [3.63, 3.8) is 0 Å². The number of carbonyl (C=O) groups excluding carboxylic acids is 1. The van der Waals surface area contributed by atoms with Gasteiger partial charge in [-0.05, 0) is 49.4 Å². The first kappa shape index (κ1) is 16.6. The van der Waals surface area contributed by atoms with Crippen molar-refractivity contribution < 1.29 is 13.9 Å². The minimum absolute atomic E-state index is 0.0657. The topological polar surface area (TPSA) is 55.6 Å². The molecule has 0 N–H and O–H groups in total. The minimum Gasteiger partial charge on any atom is -0.469 e. The van der Waals surface area contributed by atoms with Gasteiger partial charge in [0.25, 0.3) is 0 Å². The molecule has 1 spiro atoms. The van der Waals surface area contributed by atoms with Crippen LogP contribution in [0.4, 0.5) is 0 Å². The highest BCUT2D eigenvalue weighted by Crippen LogP contribution is 2.52. The predicted octanol–water partition coefficient (Wildman–Crippen LogP) is 3.69. The number of halogens is 1. The van der Waals surface area contributed by atoms with Crippen LogP contribution < -0.4 is 0 Å². The number of hydrogen-bond donors (Lipinski definition) is 0. The number of aromatic nitrogens is 1. The smallest absolute Gasteiger partial charge is 0.308 e. The van der Waals surface area contributed by atoms with E-state index in [1.54, 1.807) is 0 Å². The second-order valence-corrected chi connectivity index (χ2v) is 7.74. The highest BCUT2D eigenvalue weighted by Gasteiger charge is 2.54. The van der Waals surface area contributed by atoms with Gasteiger partial charge in [0.05, 0.1) is 18.7 Å². The van der Waals surface area contributed by atoms with E-state index in [0.29, 0.717) is 16.3 Å². The summed E-state index contributed by atoms with van der Waals surface area (Å²) >= 11 is 5.93. The lowest BCUT2D eigenvalue weighted by atomic mass is 9.57. The van der Waals surface area contributed by atoms with Crippen molar-refractivity contribution in [2.45, 2.75) is 26.3 Å². The van der Waals surface area contributed by atoms with Gasteiger partial charge < -0.3 is 9.15 Å². The second-order valence-electron chi connectivity index (χ2n) is 7.30. The summed E-state index contributed by atoms with van der Waals surface area (Å²) in [4.78, 5) is 18.6. The van der Waals surface area contributed by atoms with Gasteiger partial charge >= 0.3 is 5.97 Å². The van der Waals surface area contributed by atoms with Crippen molar-refractivity contribution in [2.24, 2.45) is 11.3 Å². The van der Waals surface area contributed by atoms with Gasteiger partial charge in [-0.15, -0.1) is 0 Å². The molecular weight excluding hydrogens is 340 g/mol. The number of hydrogen-bond acceptors (Lipinski definition) is 5. The lowest BCUT2D eigenvalue weighted by molar-refractivity contribution is -0.164. The van der Waals surface area contributed by atoms with Crippen molar-refractivity contribution >= 4 is 17.6 Å². The Morgan fingerprint density at radius 3 is 2.68 bits per heavy atom. The summed E-state index contributed by atoms with van der Waals surface area (Å²) < 4.78 is 10.6. The van der Waals surface area contributed by atoms with Gasteiger partial charge in [0.2, 0.25) is 5.89 Å². The molecule has 0 radical (unpaired) electrons. The summed E-state index contributed by atoms with van der Waals surface area (Å²) in [5.41, 5.74) is 2.22. The highest BCUT2D eigenvalue weighted by molar-refractivity contribution is 6.30. The van der Waals surface area contributed by atoms with Crippen LogP contribution in [0.3, 0.4) is 0 Å². The van der Waals surface area contributed by atoms with E-state index in [4.69, 9.17) is 20.8 Å². The quantitative estimate of drug-likeness (QED) is 0.778. The van der Waals surface area contributed by atoms with Gasteiger partial charge in [-0.3, -0.25) is 9.69 Å². The summed E-state index contributed by atoms with van der Waals surface area (Å²) in [5.74, 6) is 1.52. The average Bonchev–Trinajstić information content (AvgIpc) is 2.89. The van der Waals surface area contributed by atoms with Crippen LogP contribution in [0.1, 0.15) is 24.3 Å². The molecular formula is C19H21ClN2O3. The van der Waals surface area contributed by atoms with E-state index in [9.17, 15) is 4.79 Å². The summed E-state index contributed by atoms with van der Waals surface area (Å²) in [6.07, 6.45) is 1.90. The number of nitrogens with zero attached hydrogens (tertiary/aromatic N) is 2. The fourth-order valence-corrected chi connectivity index (χ4v) is 4.22. The van der Waals surface area contributed by atoms with Gasteiger partial charge in [-0.2, -0.15) is 0 Å². The maximum absolute atomic E-state index is 11.5.